The molecule has 2 amide bonds. The number of hydrogen-bond acceptors (Lipinski definition) is 3. The zero-order valence-electron chi connectivity index (χ0n) is 14.7. The summed E-state index contributed by atoms with van der Waals surface area (Å²) < 4.78 is 6.15. The van der Waals surface area contributed by atoms with Gasteiger partial charge in [0.25, 0.3) is 0 Å². The average Bonchev–Trinajstić information content (AvgIpc) is 2.62. The number of benzene rings is 1. The minimum atomic E-state index is -0.324. The third-order valence-corrected chi connectivity index (χ3v) is 4.54. The fourth-order valence-corrected chi connectivity index (χ4v) is 3.55. The van der Waals surface area contributed by atoms with Crippen molar-refractivity contribution in [3.05, 3.63) is 24.3 Å². The Kier molecular flexibility index (Phi) is 4.52. The zero-order valence-corrected chi connectivity index (χ0v) is 14.7. The molecular formula is C19H26N2O3. The van der Waals surface area contributed by atoms with Crippen LogP contribution in [0.1, 0.15) is 46.5 Å². The molecule has 1 saturated carbocycles. The van der Waals surface area contributed by atoms with Crippen LogP contribution in [0.3, 0.4) is 0 Å². The number of carbonyl (C=O) groups is 2. The lowest BCUT2D eigenvalue weighted by molar-refractivity contribution is -0.128. The van der Waals surface area contributed by atoms with Gasteiger partial charge < -0.3 is 10.1 Å². The Hall–Kier alpha value is -2.04. The van der Waals surface area contributed by atoms with Gasteiger partial charge in [-0.2, -0.15) is 0 Å². The van der Waals surface area contributed by atoms with Crippen molar-refractivity contribution in [1.29, 1.82) is 0 Å². The second-order valence-electron chi connectivity index (χ2n) is 7.74. The molecule has 1 N–H and O–H groups in total. The minimum absolute atomic E-state index is 0.00806. The standard InChI is InChI=1S/C19H26N2O3/c1-19(2,3)20-17(22)12-21-14-9-5-7-11-16(14)24-15-10-6-4-8-13(15)18(21)23/h5,7,9,11,13,15H,4,6,8,10,12H2,1-3H3,(H,20,22). The summed E-state index contributed by atoms with van der Waals surface area (Å²) in [6.07, 6.45) is 3.76. The number of nitrogens with one attached hydrogen (secondary N) is 1. The first kappa shape index (κ1) is 16.8. The molecule has 2 unspecified atom stereocenters. The number of amides is 2. The van der Waals surface area contributed by atoms with Gasteiger partial charge in [-0.1, -0.05) is 18.6 Å². The maximum Gasteiger partial charge on any atom is 0.240 e. The van der Waals surface area contributed by atoms with Crippen molar-refractivity contribution in [2.24, 2.45) is 5.92 Å². The maximum atomic E-state index is 13.1. The van der Waals surface area contributed by atoms with E-state index < -0.39 is 0 Å². The first-order valence-electron chi connectivity index (χ1n) is 8.73. The SMILES string of the molecule is CC(C)(C)NC(=O)CN1C(=O)C2CCCCC2Oc2ccccc21. The smallest absolute Gasteiger partial charge is 0.240 e. The van der Waals surface area contributed by atoms with Crippen LogP contribution in [0.15, 0.2) is 24.3 Å². The van der Waals surface area contributed by atoms with Gasteiger partial charge in [-0.05, 0) is 52.2 Å². The van der Waals surface area contributed by atoms with E-state index >= 15 is 0 Å². The highest BCUT2D eigenvalue weighted by Crippen LogP contribution is 2.39. The first-order valence-corrected chi connectivity index (χ1v) is 8.73. The van der Waals surface area contributed by atoms with E-state index in [0.717, 1.165) is 25.7 Å². The number of fused-ring (bicyclic) bond motifs is 2. The Labute approximate surface area is 143 Å². The van der Waals surface area contributed by atoms with Crippen LogP contribution in [0.5, 0.6) is 5.75 Å². The van der Waals surface area contributed by atoms with E-state index in [1.54, 1.807) is 4.90 Å². The number of para-hydroxylation sites is 2. The number of carbonyl (C=O) groups excluding carboxylic acids is 2. The number of anilines is 1. The van der Waals surface area contributed by atoms with Gasteiger partial charge in [0.1, 0.15) is 18.4 Å². The van der Waals surface area contributed by atoms with Gasteiger partial charge in [-0.3, -0.25) is 14.5 Å². The third-order valence-electron chi connectivity index (χ3n) is 4.54. The summed E-state index contributed by atoms with van der Waals surface area (Å²) in [6.45, 7) is 5.83. The molecule has 0 spiro atoms. The lowest BCUT2D eigenvalue weighted by Crippen LogP contribution is -2.49. The lowest BCUT2D eigenvalue weighted by atomic mass is 9.85. The molecule has 1 aromatic carbocycles. The van der Waals surface area contributed by atoms with Gasteiger partial charge in [-0.25, -0.2) is 0 Å². The van der Waals surface area contributed by atoms with Crippen molar-refractivity contribution in [1.82, 2.24) is 5.32 Å². The van der Waals surface area contributed by atoms with Crippen LogP contribution in [-0.2, 0) is 9.59 Å². The van der Waals surface area contributed by atoms with Gasteiger partial charge in [0.05, 0.1) is 11.6 Å². The van der Waals surface area contributed by atoms with E-state index in [2.05, 4.69) is 5.32 Å². The van der Waals surface area contributed by atoms with Crippen LogP contribution in [0.4, 0.5) is 5.69 Å². The highest BCUT2D eigenvalue weighted by molar-refractivity contribution is 6.02. The largest absolute Gasteiger partial charge is 0.487 e. The fourth-order valence-electron chi connectivity index (χ4n) is 3.55. The summed E-state index contributed by atoms with van der Waals surface area (Å²) in [7, 11) is 0. The van der Waals surface area contributed by atoms with Gasteiger partial charge in [-0.15, -0.1) is 0 Å². The first-order chi connectivity index (χ1) is 11.3. The number of hydrogen-bond donors (Lipinski definition) is 1. The number of rotatable bonds is 2. The topological polar surface area (TPSA) is 58.6 Å². The molecular weight excluding hydrogens is 304 g/mol. The summed E-state index contributed by atoms with van der Waals surface area (Å²) in [5.41, 5.74) is 0.371. The van der Waals surface area contributed by atoms with E-state index in [0.29, 0.717) is 11.4 Å². The van der Waals surface area contributed by atoms with Crippen molar-refractivity contribution in [3.63, 3.8) is 0 Å². The van der Waals surface area contributed by atoms with Crippen LogP contribution >= 0.6 is 0 Å². The predicted octanol–water partition coefficient (Wildman–Crippen LogP) is 2.89. The fraction of sp³-hybridized carbons (Fsp3) is 0.579. The Balaban J connectivity index is 1.90. The molecule has 1 aromatic rings. The minimum Gasteiger partial charge on any atom is -0.487 e. The van der Waals surface area contributed by atoms with Crippen LogP contribution in [-0.4, -0.2) is 30.0 Å². The summed E-state index contributed by atoms with van der Waals surface area (Å²) in [6, 6.07) is 7.52. The van der Waals surface area contributed by atoms with E-state index in [1.165, 1.54) is 0 Å². The van der Waals surface area contributed by atoms with Crippen molar-refractivity contribution in [2.45, 2.75) is 58.1 Å². The van der Waals surface area contributed by atoms with Gasteiger partial charge >= 0.3 is 0 Å². The molecule has 5 heteroatoms. The van der Waals surface area contributed by atoms with Crippen LogP contribution in [0, 0.1) is 5.92 Å². The predicted molar refractivity (Wildman–Crippen MR) is 93.1 cm³/mol. The second-order valence-corrected chi connectivity index (χ2v) is 7.74. The Bertz CT molecular complexity index is 636. The highest BCUT2D eigenvalue weighted by atomic mass is 16.5. The van der Waals surface area contributed by atoms with E-state index in [-0.39, 0.29) is 35.9 Å². The highest BCUT2D eigenvalue weighted by Gasteiger charge is 2.40. The molecule has 130 valence electrons. The molecule has 0 saturated heterocycles. The monoisotopic (exact) mass is 330 g/mol. The van der Waals surface area contributed by atoms with Crippen molar-refractivity contribution >= 4 is 17.5 Å². The maximum absolute atomic E-state index is 13.1. The Morgan fingerprint density at radius 3 is 2.71 bits per heavy atom. The molecule has 1 heterocycles. The van der Waals surface area contributed by atoms with Crippen LogP contribution in [0.25, 0.3) is 0 Å². The molecule has 0 bridgehead atoms. The molecule has 0 aromatic heterocycles. The summed E-state index contributed by atoms with van der Waals surface area (Å²) in [4.78, 5) is 27.1. The Morgan fingerprint density at radius 2 is 1.96 bits per heavy atom. The molecule has 1 fully saturated rings. The quantitative estimate of drug-likeness (QED) is 0.907. The molecule has 1 aliphatic heterocycles. The lowest BCUT2D eigenvalue weighted by Gasteiger charge is -2.30. The second kappa shape index (κ2) is 6.46. The van der Waals surface area contributed by atoms with Crippen molar-refractivity contribution < 1.29 is 14.3 Å². The van der Waals surface area contributed by atoms with E-state index in [4.69, 9.17) is 4.74 Å². The normalized spacial score (nSPS) is 23.6. The molecule has 24 heavy (non-hydrogen) atoms. The van der Waals surface area contributed by atoms with Crippen LogP contribution < -0.4 is 15.0 Å². The molecule has 1 aliphatic carbocycles. The summed E-state index contributed by atoms with van der Waals surface area (Å²) >= 11 is 0. The average molecular weight is 330 g/mol. The van der Waals surface area contributed by atoms with Gasteiger partial charge in [0.2, 0.25) is 11.8 Å². The Morgan fingerprint density at radius 1 is 1.25 bits per heavy atom. The van der Waals surface area contributed by atoms with Gasteiger partial charge in [0.15, 0.2) is 0 Å². The third kappa shape index (κ3) is 3.55. The molecule has 2 atom stereocenters. The van der Waals surface area contributed by atoms with E-state index in [9.17, 15) is 9.59 Å². The van der Waals surface area contributed by atoms with E-state index in [1.807, 2.05) is 45.0 Å². The van der Waals surface area contributed by atoms with Crippen molar-refractivity contribution in [3.8, 4) is 5.75 Å². The molecule has 0 radical (unpaired) electrons. The zero-order chi connectivity index (χ0) is 17.3. The van der Waals surface area contributed by atoms with Crippen LogP contribution in [0.2, 0.25) is 0 Å². The molecule has 2 aliphatic rings. The molecule has 3 rings (SSSR count). The summed E-state index contributed by atoms with van der Waals surface area (Å²) in [5.74, 6) is 0.394. The van der Waals surface area contributed by atoms with Gasteiger partial charge in [0, 0.05) is 5.54 Å². The van der Waals surface area contributed by atoms with Crippen molar-refractivity contribution in [2.75, 3.05) is 11.4 Å². The molecule has 5 nitrogen and oxygen atoms in total. The number of ether oxygens (including phenoxy) is 1. The number of nitrogens with zero attached hydrogens (tertiary/aromatic N) is 1. The summed E-state index contributed by atoms with van der Waals surface area (Å²) in [5, 5.41) is 2.94.